The monoisotopic (exact) mass is 368 g/mol. The van der Waals surface area contributed by atoms with Crippen LogP contribution < -0.4 is 4.90 Å². The van der Waals surface area contributed by atoms with Gasteiger partial charge in [0.25, 0.3) is 0 Å². The van der Waals surface area contributed by atoms with Gasteiger partial charge in [0.2, 0.25) is 5.13 Å². The van der Waals surface area contributed by atoms with Gasteiger partial charge < -0.3 is 4.90 Å². The van der Waals surface area contributed by atoms with Gasteiger partial charge in [0.1, 0.15) is 5.01 Å². The zero-order valence-electron chi connectivity index (χ0n) is 15.6. The van der Waals surface area contributed by atoms with Crippen LogP contribution in [-0.2, 0) is 6.42 Å². The Morgan fingerprint density at radius 3 is 2.77 bits per heavy atom. The van der Waals surface area contributed by atoms with Crippen molar-refractivity contribution in [3.05, 3.63) is 40.9 Å². The number of rotatable bonds is 3. The van der Waals surface area contributed by atoms with Crippen LogP contribution in [0.1, 0.15) is 36.3 Å². The summed E-state index contributed by atoms with van der Waals surface area (Å²) in [4.78, 5) is 5.43. The Kier molecular flexibility index (Phi) is 4.45. The summed E-state index contributed by atoms with van der Waals surface area (Å²) in [5, 5.41) is 10.9. The molecule has 0 unspecified atom stereocenters. The summed E-state index contributed by atoms with van der Waals surface area (Å²) >= 11 is 1.75. The second kappa shape index (κ2) is 6.93. The van der Waals surface area contributed by atoms with Gasteiger partial charge in [0, 0.05) is 31.7 Å². The normalized spacial score (nSPS) is 31.7. The number of aryl methyl sites for hydroxylation is 1. The van der Waals surface area contributed by atoms with Gasteiger partial charge in [0.05, 0.1) is 0 Å². The van der Waals surface area contributed by atoms with Crippen molar-refractivity contribution in [2.24, 2.45) is 11.8 Å². The molecule has 4 atom stereocenters. The van der Waals surface area contributed by atoms with Crippen LogP contribution in [0.2, 0.25) is 0 Å². The van der Waals surface area contributed by atoms with E-state index in [9.17, 15) is 0 Å². The van der Waals surface area contributed by atoms with Gasteiger partial charge in [-0.2, -0.15) is 0 Å². The molecule has 2 bridgehead atoms. The van der Waals surface area contributed by atoms with E-state index in [0.717, 1.165) is 40.6 Å². The van der Waals surface area contributed by atoms with Gasteiger partial charge in [0.15, 0.2) is 0 Å². The lowest BCUT2D eigenvalue weighted by Crippen LogP contribution is -2.62. The van der Waals surface area contributed by atoms with E-state index in [4.69, 9.17) is 0 Å². The van der Waals surface area contributed by atoms with E-state index in [1.165, 1.54) is 50.8 Å². The van der Waals surface area contributed by atoms with Crippen LogP contribution in [0.15, 0.2) is 30.3 Å². The van der Waals surface area contributed by atoms with Crippen LogP contribution in [0.5, 0.6) is 0 Å². The maximum Gasteiger partial charge on any atom is 0.208 e. The van der Waals surface area contributed by atoms with Gasteiger partial charge in [-0.05, 0) is 50.0 Å². The third-order valence-electron chi connectivity index (χ3n) is 6.62. The minimum atomic E-state index is 0.733. The van der Waals surface area contributed by atoms with E-state index >= 15 is 0 Å². The summed E-state index contributed by atoms with van der Waals surface area (Å²) in [6.07, 6.45) is 6.76. The van der Waals surface area contributed by atoms with E-state index in [1.807, 2.05) is 0 Å². The van der Waals surface area contributed by atoms with Crippen molar-refractivity contribution in [2.45, 2.75) is 51.1 Å². The predicted octanol–water partition coefficient (Wildman–Crippen LogP) is 3.77. The van der Waals surface area contributed by atoms with E-state index in [0.29, 0.717) is 0 Å². The van der Waals surface area contributed by atoms with Crippen LogP contribution in [0.4, 0.5) is 5.13 Å². The van der Waals surface area contributed by atoms with Crippen molar-refractivity contribution in [1.82, 2.24) is 15.1 Å². The largest absolute Gasteiger partial charge is 0.346 e. The van der Waals surface area contributed by atoms with Gasteiger partial charge in [-0.1, -0.05) is 48.1 Å². The van der Waals surface area contributed by atoms with E-state index in [-0.39, 0.29) is 0 Å². The Bertz CT molecular complexity index is 745. The quantitative estimate of drug-likeness (QED) is 0.825. The SMILES string of the molecule is Cc1nnc(N2C[C@@H]3C[C@H](C2)[C@@H]2CCC[C@H](Cc4ccccc4)N2C3)s1. The fourth-order valence-electron chi connectivity index (χ4n) is 5.59. The van der Waals surface area contributed by atoms with Crippen LogP contribution >= 0.6 is 11.3 Å². The molecule has 0 spiro atoms. The van der Waals surface area contributed by atoms with Crippen LogP contribution in [-0.4, -0.2) is 46.8 Å². The zero-order chi connectivity index (χ0) is 17.5. The second-order valence-corrected chi connectivity index (χ2v) is 9.57. The molecule has 3 saturated heterocycles. The molecule has 3 aliphatic rings. The number of aromatic nitrogens is 2. The zero-order valence-corrected chi connectivity index (χ0v) is 16.4. The number of hydrogen-bond acceptors (Lipinski definition) is 5. The molecule has 4 heterocycles. The Balaban J connectivity index is 1.33. The molecule has 0 aliphatic carbocycles. The first-order valence-corrected chi connectivity index (χ1v) is 10.9. The van der Waals surface area contributed by atoms with Gasteiger partial charge in [-0.15, -0.1) is 10.2 Å². The Hall–Kier alpha value is -1.46. The van der Waals surface area contributed by atoms with Crippen molar-refractivity contribution in [3.63, 3.8) is 0 Å². The van der Waals surface area contributed by atoms with Crippen molar-refractivity contribution in [2.75, 3.05) is 24.5 Å². The van der Waals surface area contributed by atoms with Crippen molar-refractivity contribution < 1.29 is 0 Å². The molecule has 138 valence electrons. The highest BCUT2D eigenvalue weighted by Crippen LogP contribution is 2.41. The van der Waals surface area contributed by atoms with E-state index in [1.54, 1.807) is 11.3 Å². The smallest absolute Gasteiger partial charge is 0.208 e. The number of hydrogen-bond donors (Lipinski definition) is 0. The minimum Gasteiger partial charge on any atom is -0.346 e. The summed E-state index contributed by atoms with van der Waals surface area (Å²) < 4.78 is 0. The summed E-state index contributed by atoms with van der Waals surface area (Å²) in [6, 6.07) is 12.6. The summed E-state index contributed by atoms with van der Waals surface area (Å²) in [7, 11) is 0. The van der Waals surface area contributed by atoms with E-state index in [2.05, 4.69) is 57.3 Å². The lowest BCUT2D eigenvalue weighted by molar-refractivity contribution is -0.0186. The van der Waals surface area contributed by atoms with Crippen LogP contribution in [0.25, 0.3) is 0 Å². The van der Waals surface area contributed by atoms with Crippen LogP contribution in [0, 0.1) is 18.8 Å². The first kappa shape index (κ1) is 16.7. The minimum absolute atomic E-state index is 0.733. The third-order valence-corrected chi connectivity index (χ3v) is 7.51. The molecular formula is C21H28N4S. The maximum atomic E-state index is 4.42. The summed E-state index contributed by atoms with van der Waals surface area (Å²) in [5.41, 5.74) is 1.50. The highest BCUT2D eigenvalue weighted by molar-refractivity contribution is 7.15. The lowest BCUT2D eigenvalue weighted by Gasteiger charge is -2.55. The number of fused-ring (bicyclic) bond motifs is 4. The molecule has 3 aliphatic heterocycles. The number of nitrogens with zero attached hydrogens (tertiary/aromatic N) is 4. The summed E-state index contributed by atoms with van der Waals surface area (Å²) in [5.74, 6) is 1.58. The average Bonchev–Trinajstić information content (AvgIpc) is 3.10. The molecule has 5 heteroatoms. The fourth-order valence-corrected chi connectivity index (χ4v) is 6.29. The second-order valence-electron chi connectivity index (χ2n) is 8.41. The molecule has 0 radical (unpaired) electrons. The molecule has 3 fully saturated rings. The van der Waals surface area contributed by atoms with Crippen molar-refractivity contribution >= 4 is 16.5 Å². The number of benzene rings is 1. The molecular weight excluding hydrogens is 340 g/mol. The first-order chi connectivity index (χ1) is 12.8. The molecule has 26 heavy (non-hydrogen) atoms. The lowest BCUT2D eigenvalue weighted by atomic mass is 9.74. The van der Waals surface area contributed by atoms with Crippen molar-refractivity contribution in [3.8, 4) is 0 Å². The number of anilines is 1. The molecule has 1 aromatic carbocycles. The van der Waals surface area contributed by atoms with Crippen LogP contribution in [0.3, 0.4) is 0 Å². The third kappa shape index (κ3) is 3.16. The topological polar surface area (TPSA) is 32.3 Å². The summed E-state index contributed by atoms with van der Waals surface area (Å²) in [6.45, 7) is 5.66. The first-order valence-electron chi connectivity index (χ1n) is 10.1. The van der Waals surface area contributed by atoms with Gasteiger partial charge in [-0.3, -0.25) is 4.90 Å². The molecule has 0 amide bonds. The molecule has 2 aromatic rings. The van der Waals surface area contributed by atoms with Gasteiger partial charge >= 0.3 is 0 Å². The molecule has 1 aromatic heterocycles. The molecule has 0 saturated carbocycles. The number of piperidine rings is 3. The fraction of sp³-hybridized carbons (Fsp3) is 0.619. The molecule has 0 N–H and O–H groups in total. The molecule has 5 rings (SSSR count). The van der Waals surface area contributed by atoms with E-state index < -0.39 is 0 Å². The highest BCUT2D eigenvalue weighted by atomic mass is 32.1. The maximum absolute atomic E-state index is 4.42. The standard InChI is InChI=1S/C21H28N4S/c1-15-22-23-21(26-15)24-12-17-10-18(14-24)20-9-5-8-19(25(20)13-17)11-16-6-3-2-4-7-16/h2-4,6-7,17-20H,5,8-14H2,1H3/t17-,18+,19+,20-/m0/s1. The Labute approximate surface area is 160 Å². The molecule has 4 nitrogen and oxygen atoms in total. The average molecular weight is 369 g/mol. The Morgan fingerprint density at radius 1 is 1.08 bits per heavy atom. The van der Waals surface area contributed by atoms with Crippen molar-refractivity contribution in [1.29, 1.82) is 0 Å². The predicted molar refractivity (Wildman–Crippen MR) is 107 cm³/mol. The van der Waals surface area contributed by atoms with Gasteiger partial charge in [-0.25, -0.2) is 0 Å². The highest BCUT2D eigenvalue weighted by Gasteiger charge is 2.44. The Morgan fingerprint density at radius 2 is 1.96 bits per heavy atom.